The Labute approximate surface area is 146 Å². The maximum absolute atomic E-state index is 12.3. The number of carboxylic acids is 1. The molecule has 2 aromatic rings. The van der Waals surface area contributed by atoms with E-state index in [2.05, 4.69) is 20.9 Å². The Morgan fingerprint density at radius 2 is 2.22 bits per heavy atom. The minimum atomic E-state index is -0.815. The van der Waals surface area contributed by atoms with Gasteiger partial charge in [-0.3, -0.25) is 9.59 Å². The minimum Gasteiger partial charge on any atom is -0.481 e. The van der Waals surface area contributed by atoms with E-state index in [1.807, 2.05) is 25.1 Å². The largest absolute Gasteiger partial charge is 0.481 e. The number of halogens is 1. The second-order valence-corrected chi connectivity index (χ2v) is 7.97. The maximum atomic E-state index is 12.3. The van der Waals surface area contributed by atoms with E-state index in [1.54, 1.807) is 16.2 Å². The number of aromatic nitrogens is 1. The van der Waals surface area contributed by atoms with Gasteiger partial charge in [-0.05, 0) is 24.1 Å². The molecule has 3 rings (SSSR count). The first-order valence-corrected chi connectivity index (χ1v) is 9.10. The Morgan fingerprint density at radius 3 is 2.91 bits per heavy atom. The van der Waals surface area contributed by atoms with Gasteiger partial charge in [0.25, 0.3) is 0 Å². The number of aliphatic carboxylic acids is 1. The molecule has 0 aliphatic carbocycles. The van der Waals surface area contributed by atoms with Crippen LogP contribution in [0.15, 0.2) is 22.7 Å². The summed E-state index contributed by atoms with van der Waals surface area (Å²) in [6.07, 6.45) is 0.971. The standard InChI is InChI=1S/C16H17BrN2O3S/c1-9-7-19(8-11(9)16(21)22)15(20)5-4-14-18-12-6-10(17)2-3-13(12)23-14/h2-3,6,9,11H,4-5,7-8H2,1H3,(H,21,22)/t9-,11-/m1/s1. The fourth-order valence-corrected chi connectivity index (χ4v) is 4.22. The average Bonchev–Trinajstić information content (AvgIpc) is 3.07. The Bertz CT molecular complexity index is 761. The zero-order valence-electron chi connectivity index (χ0n) is 12.7. The second-order valence-electron chi connectivity index (χ2n) is 5.94. The van der Waals surface area contributed by atoms with Crippen molar-refractivity contribution in [2.24, 2.45) is 11.8 Å². The number of thiazole rings is 1. The van der Waals surface area contributed by atoms with Crippen LogP contribution in [-0.4, -0.2) is 40.0 Å². The number of nitrogens with zero attached hydrogens (tertiary/aromatic N) is 2. The van der Waals surface area contributed by atoms with E-state index in [4.69, 9.17) is 5.11 Å². The number of aryl methyl sites for hydroxylation is 1. The number of amides is 1. The number of carboxylic acid groups (broad SMARTS) is 1. The zero-order valence-corrected chi connectivity index (χ0v) is 15.1. The van der Waals surface area contributed by atoms with E-state index in [-0.39, 0.29) is 11.8 Å². The highest BCUT2D eigenvalue weighted by Crippen LogP contribution is 2.27. The highest BCUT2D eigenvalue weighted by molar-refractivity contribution is 9.10. The number of rotatable bonds is 4. The summed E-state index contributed by atoms with van der Waals surface area (Å²) >= 11 is 5.03. The summed E-state index contributed by atoms with van der Waals surface area (Å²) < 4.78 is 2.10. The molecule has 1 aromatic carbocycles. The topological polar surface area (TPSA) is 70.5 Å². The molecule has 0 spiro atoms. The van der Waals surface area contributed by atoms with Crippen molar-refractivity contribution in [3.8, 4) is 0 Å². The molecule has 2 atom stereocenters. The lowest BCUT2D eigenvalue weighted by molar-refractivity contribution is -0.142. The Balaban J connectivity index is 1.61. The van der Waals surface area contributed by atoms with Crippen molar-refractivity contribution in [3.05, 3.63) is 27.7 Å². The molecule has 1 saturated heterocycles. The zero-order chi connectivity index (χ0) is 16.6. The number of likely N-dealkylation sites (tertiary alicyclic amines) is 1. The first kappa shape index (κ1) is 16.4. The van der Waals surface area contributed by atoms with E-state index < -0.39 is 11.9 Å². The lowest BCUT2D eigenvalue weighted by atomic mass is 9.99. The number of fused-ring (bicyclic) bond motifs is 1. The summed E-state index contributed by atoms with van der Waals surface area (Å²) in [6.45, 7) is 2.74. The van der Waals surface area contributed by atoms with Crippen LogP contribution in [0.2, 0.25) is 0 Å². The van der Waals surface area contributed by atoms with Gasteiger partial charge in [0.1, 0.15) is 0 Å². The van der Waals surface area contributed by atoms with Crippen LogP contribution in [-0.2, 0) is 16.0 Å². The molecule has 5 nitrogen and oxygen atoms in total. The predicted octanol–water partition coefficient (Wildman–Crippen LogP) is 3.17. The smallest absolute Gasteiger partial charge is 0.308 e. The third-order valence-electron chi connectivity index (χ3n) is 4.23. The Morgan fingerprint density at radius 1 is 1.43 bits per heavy atom. The van der Waals surface area contributed by atoms with Crippen molar-refractivity contribution in [3.63, 3.8) is 0 Å². The van der Waals surface area contributed by atoms with E-state index in [9.17, 15) is 9.59 Å². The van der Waals surface area contributed by atoms with Crippen LogP contribution in [0.1, 0.15) is 18.4 Å². The minimum absolute atomic E-state index is 0.0104. The number of benzene rings is 1. The van der Waals surface area contributed by atoms with Gasteiger partial charge in [-0.1, -0.05) is 22.9 Å². The van der Waals surface area contributed by atoms with E-state index in [0.29, 0.717) is 25.9 Å². The molecule has 1 N–H and O–H groups in total. The molecule has 2 heterocycles. The molecule has 0 bridgehead atoms. The summed E-state index contributed by atoms with van der Waals surface area (Å²) in [5.41, 5.74) is 0.938. The third-order valence-corrected chi connectivity index (χ3v) is 5.82. The molecule has 1 fully saturated rings. The third kappa shape index (κ3) is 3.55. The molecule has 1 aliphatic rings. The molecular weight excluding hydrogens is 380 g/mol. The van der Waals surface area contributed by atoms with Gasteiger partial charge in [0.2, 0.25) is 5.91 Å². The first-order valence-electron chi connectivity index (χ1n) is 7.49. The molecule has 1 amide bonds. The van der Waals surface area contributed by atoms with E-state index in [1.165, 1.54) is 0 Å². The van der Waals surface area contributed by atoms with Gasteiger partial charge in [0.05, 0.1) is 21.1 Å². The molecule has 23 heavy (non-hydrogen) atoms. The van der Waals surface area contributed by atoms with E-state index in [0.717, 1.165) is 19.7 Å². The fraction of sp³-hybridized carbons (Fsp3) is 0.438. The highest BCUT2D eigenvalue weighted by atomic mass is 79.9. The van der Waals surface area contributed by atoms with Gasteiger partial charge in [-0.15, -0.1) is 11.3 Å². The van der Waals surface area contributed by atoms with Gasteiger partial charge >= 0.3 is 5.97 Å². The van der Waals surface area contributed by atoms with Crippen molar-refractivity contribution in [1.82, 2.24) is 9.88 Å². The summed E-state index contributed by atoms with van der Waals surface area (Å²) in [5, 5.41) is 10.1. The molecule has 1 aliphatic heterocycles. The number of carbonyl (C=O) groups is 2. The van der Waals surface area contributed by atoms with Crippen LogP contribution in [0.5, 0.6) is 0 Å². The van der Waals surface area contributed by atoms with Crippen molar-refractivity contribution in [2.75, 3.05) is 13.1 Å². The van der Waals surface area contributed by atoms with Crippen molar-refractivity contribution >= 4 is 49.4 Å². The molecule has 122 valence electrons. The monoisotopic (exact) mass is 396 g/mol. The van der Waals surface area contributed by atoms with Gasteiger partial charge in [-0.2, -0.15) is 0 Å². The van der Waals surface area contributed by atoms with Gasteiger partial charge < -0.3 is 10.0 Å². The molecule has 0 saturated carbocycles. The lowest BCUT2D eigenvalue weighted by Gasteiger charge is -2.15. The number of hydrogen-bond donors (Lipinski definition) is 1. The van der Waals surface area contributed by atoms with E-state index >= 15 is 0 Å². The van der Waals surface area contributed by atoms with Crippen LogP contribution in [0.25, 0.3) is 10.2 Å². The van der Waals surface area contributed by atoms with Gasteiger partial charge in [0, 0.05) is 30.4 Å². The Hall–Kier alpha value is -1.47. The van der Waals surface area contributed by atoms with Crippen molar-refractivity contribution in [1.29, 1.82) is 0 Å². The quantitative estimate of drug-likeness (QED) is 0.861. The van der Waals surface area contributed by atoms with Gasteiger partial charge in [-0.25, -0.2) is 4.98 Å². The van der Waals surface area contributed by atoms with Crippen LogP contribution in [0.4, 0.5) is 0 Å². The highest BCUT2D eigenvalue weighted by Gasteiger charge is 2.36. The van der Waals surface area contributed by atoms with Crippen molar-refractivity contribution < 1.29 is 14.7 Å². The van der Waals surface area contributed by atoms with Crippen LogP contribution in [0, 0.1) is 11.8 Å². The normalized spacial score (nSPS) is 21.0. The Kier molecular flexibility index (Phi) is 4.68. The summed E-state index contributed by atoms with van der Waals surface area (Å²) in [7, 11) is 0. The summed E-state index contributed by atoms with van der Waals surface area (Å²) in [5.74, 6) is -1.24. The summed E-state index contributed by atoms with van der Waals surface area (Å²) in [6, 6.07) is 5.96. The van der Waals surface area contributed by atoms with Crippen LogP contribution >= 0.6 is 27.3 Å². The summed E-state index contributed by atoms with van der Waals surface area (Å²) in [4.78, 5) is 29.7. The van der Waals surface area contributed by atoms with Crippen molar-refractivity contribution in [2.45, 2.75) is 19.8 Å². The van der Waals surface area contributed by atoms with Crippen LogP contribution in [0.3, 0.4) is 0 Å². The SMILES string of the molecule is C[C@@H]1CN(C(=O)CCc2nc3cc(Br)ccc3s2)C[C@H]1C(=O)O. The maximum Gasteiger partial charge on any atom is 0.308 e. The first-order chi connectivity index (χ1) is 10.9. The average molecular weight is 397 g/mol. The molecule has 0 radical (unpaired) electrons. The fourth-order valence-electron chi connectivity index (χ4n) is 2.92. The molecular formula is C16H17BrN2O3S. The molecule has 7 heteroatoms. The van der Waals surface area contributed by atoms with Gasteiger partial charge in [0.15, 0.2) is 0 Å². The predicted molar refractivity (Wildman–Crippen MR) is 92.5 cm³/mol. The lowest BCUT2D eigenvalue weighted by Crippen LogP contribution is -2.30. The molecule has 0 unspecified atom stereocenters. The second kappa shape index (κ2) is 6.57. The number of hydrogen-bond acceptors (Lipinski definition) is 4. The van der Waals surface area contributed by atoms with Crippen LogP contribution < -0.4 is 0 Å². The molecule has 1 aromatic heterocycles. The number of carbonyl (C=O) groups excluding carboxylic acids is 1.